The normalized spacial score (nSPS) is 26.6. The molecule has 2 rings (SSSR count). The Labute approximate surface area is 101 Å². The SMILES string of the molecule is CC1CNCCC1c1cccc(Cl)c1Cl. The maximum absolute atomic E-state index is 6.24. The minimum absolute atomic E-state index is 0.539. The largest absolute Gasteiger partial charge is 0.316 e. The number of rotatable bonds is 1. The van der Waals surface area contributed by atoms with Crippen LogP contribution in [0.2, 0.25) is 10.0 Å². The van der Waals surface area contributed by atoms with E-state index in [9.17, 15) is 0 Å². The molecular weight excluding hydrogens is 229 g/mol. The van der Waals surface area contributed by atoms with E-state index in [1.54, 1.807) is 0 Å². The van der Waals surface area contributed by atoms with Crippen LogP contribution in [0.5, 0.6) is 0 Å². The average Bonchev–Trinajstić information content (AvgIpc) is 2.23. The molecule has 1 aliphatic rings. The molecule has 1 N–H and O–H groups in total. The Hall–Kier alpha value is -0.240. The van der Waals surface area contributed by atoms with E-state index in [-0.39, 0.29) is 0 Å². The summed E-state index contributed by atoms with van der Waals surface area (Å²) in [6, 6.07) is 5.93. The number of hydrogen-bond donors (Lipinski definition) is 1. The molecule has 0 saturated carbocycles. The van der Waals surface area contributed by atoms with Gasteiger partial charge in [-0.2, -0.15) is 0 Å². The molecule has 1 aromatic carbocycles. The molecule has 0 radical (unpaired) electrons. The van der Waals surface area contributed by atoms with Gasteiger partial charge in [0.05, 0.1) is 10.0 Å². The summed E-state index contributed by atoms with van der Waals surface area (Å²) in [4.78, 5) is 0. The molecule has 1 aliphatic heterocycles. The first-order valence-electron chi connectivity index (χ1n) is 5.34. The zero-order valence-electron chi connectivity index (χ0n) is 8.76. The quantitative estimate of drug-likeness (QED) is 0.794. The first-order chi connectivity index (χ1) is 7.20. The van der Waals surface area contributed by atoms with Crippen LogP contribution in [0.15, 0.2) is 18.2 Å². The van der Waals surface area contributed by atoms with E-state index in [1.807, 2.05) is 12.1 Å². The maximum Gasteiger partial charge on any atom is 0.0627 e. The van der Waals surface area contributed by atoms with Crippen LogP contribution in [-0.2, 0) is 0 Å². The van der Waals surface area contributed by atoms with Gasteiger partial charge in [-0.1, -0.05) is 42.3 Å². The summed E-state index contributed by atoms with van der Waals surface area (Å²) < 4.78 is 0. The Kier molecular flexibility index (Phi) is 3.55. The van der Waals surface area contributed by atoms with E-state index < -0.39 is 0 Å². The van der Waals surface area contributed by atoms with E-state index in [4.69, 9.17) is 23.2 Å². The monoisotopic (exact) mass is 243 g/mol. The average molecular weight is 244 g/mol. The van der Waals surface area contributed by atoms with Gasteiger partial charge in [0, 0.05) is 0 Å². The van der Waals surface area contributed by atoms with Gasteiger partial charge in [-0.05, 0) is 43.0 Å². The standard InChI is InChI=1S/C12H15Cl2N/c1-8-7-15-6-5-9(8)10-3-2-4-11(13)12(10)14/h2-4,8-9,15H,5-7H2,1H3. The predicted molar refractivity (Wildman–Crippen MR) is 65.9 cm³/mol. The van der Waals surface area contributed by atoms with E-state index in [2.05, 4.69) is 18.3 Å². The molecule has 0 aliphatic carbocycles. The number of piperidine rings is 1. The number of benzene rings is 1. The first kappa shape index (κ1) is 11.3. The van der Waals surface area contributed by atoms with Gasteiger partial charge in [-0.15, -0.1) is 0 Å². The molecule has 15 heavy (non-hydrogen) atoms. The molecule has 2 atom stereocenters. The second-order valence-electron chi connectivity index (χ2n) is 4.22. The highest BCUT2D eigenvalue weighted by atomic mass is 35.5. The molecule has 1 saturated heterocycles. The van der Waals surface area contributed by atoms with Gasteiger partial charge in [0.2, 0.25) is 0 Å². The molecular formula is C12H15Cl2N. The number of nitrogens with one attached hydrogen (secondary N) is 1. The van der Waals surface area contributed by atoms with Crippen molar-refractivity contribution in [1.29, 1.82) is 0 Å². The van der Waals surface area contributed by atoms with Crippen molar-refractivity contribution in [3.63, 3.8) is 0 Å². The molecule has 1 fully saturated rings. The second kappa shape index (κ2) is 4.73. The fraction of sp³-hybridized carbons (Fsp3) is 0.500. The van der Waals surface area contributed by atoms with E-state index in [1.165, 1.54) is 5.56 Å². The highest BCUT2D eigenvalue weighted by Gasteiger charge is 2.24. The summed E-state index contributed by atoms with van der Waals surface area (Å²) in [5.74, 6) is 1.16. The van der Waals surface area contributed by atoms with Gasteiger partial charge >= 0.3 is 0 Å². The van der Waals surface area contributed by atoms with Crippen molar-refractivity contribution < 1.29 is 0 Å². The van der Waals surface area contributed by atoms with Crippen molar-refractivity contribution >= 4 is 23.2 Å². The highest BCUT2D eigenvalue weighted by molar-refractivity contribution is 6.42. The van der Waals surface area contributed by atoms with Crippen LogP contribution >= 0.6 is 23.2 Å². The van der Waals surface area contributed by atoms with Gasteiger partial charge in [0.25, 0.3) is 0 Å². The topological polar surface area (TPSA) is 12.0 Å². The highest BCUT2D eigenvalue weighted by Crippen LogP contribution is 2.37. The predicted octanol–water partition coefficient (Wildman–Crippen LogP) is 3.71. The molecule has 0 spiro atoms. The lowest BCUT2D eigenvalue weighted by atomic mass is 9.82. The van der Waals surface area contributed by atoms with E-state index in [0.717, 1.165) is 24.5 Å². The van der Waals surface area contributed by atoms with Gasteiger partial charge < -0.3 is 5.32 Å². The van der Waals surface area contributed by atoms with Crippen molar-refractivity contribution in [1.82, 2.24) is 5.32 Å². The zero-order valence-corrected chi connectivity index (χ0v) is 10.3. The Balaban J connectivity index is 2.31. The van der Waals surface area contributed by atoms with Crippen molar-refractivity contribution in [3.8, 4) is 0 Å². The van der Waals surface area contributed by atoms with Crippen molar-refractivity contribution in [2.24, 2.45) is 5.92 Å². The van der Waals surface area contributed by atoms with Gasteiger partial charge in [0.15, 0.2) is 0 Å². The molecule has 1 aromatic rings. The number of hydrogen-bond acceptors (Lipinski definition) is 1. The molecule has 1 heterocycles. The van der Waals surface area contributed by atoms with Crippen LogP contribution in [0.4, 0.5) is 0 Å². The van der Waals surface area contributed by atoms with E-state index >= 15 is 0 Å². The van der Waals surface area contributed by atoms with Crippen molar-refractivity contribution in [3.05, 3.63) is 33.8 Å². The Morgan fingerprint density at radius 3 is 2.87 bits per heavy atom. The molecule has 1 nitrogen and oxygen atoms in total. The third-order valence-electron chi connectivity index (χ3n) is 3.17. The van der Waals surface area contributed by atoms with Crippen molar-refractivity contribution in [2.45, 2.75) is 19.3 Å². The van der Waals surface area contributed by atoms with Crippen LogP contribution < -0.4 is 5.32 Å². The van der Waals surface area contributed by atoms with Crippen LogP contribution in [-0.4, -0.2) is 13.1 Å². The summed E-state index contributed by atoms with van der Waals surface area (Å²) in [6.07, 6.45) is 1.14. The van der Waals surface area contributed by atoms with Crippen LogP contribution in [0.3, 0.4) is 0 Å². The summed E-state index contributed by atoms with van der Waals surface area (Å²) in [5.41, 5.74) is 1.21. The summed E-state index contributed by atoms with van der Waals surface area (Å²) in [5, 5.41) is 4.79. The maximum atomic E-state index is 6.24. The first-order valence-corrected chi connectivity index (χ1v) is 6.10. The number of halogens is 2. The fourth-order valence-electron chi connectivity index (χ4n) is 2.28. The molecule has 0 amide bonds. The summed E-state index contributed by atoms with van der Waals surface area (Å²) in [7, 11) is 0. The third kappa shape index (κ3) is 2.30. The van der Waals surface area contributed by atoms with Crippen LogP contribution in [0.25, 0.3) is 0 Å². The summed E-state index contributed by atoms with van der Waals surface area (Å²) in [6.45, 7) is 4.39. The summed E-state index contributed by atoms with van der Waals surface area (Å²) >= 11 is 12.3. The molecule has 0 aromatic heterocycles. The van der Waals surface area contributed by atoms with E-state index in [0.29, 0.717) is 16.9 Å². The third-order valence-corrected chi connectivity index (χ3v) is 4.00. The zero-order chi connectivity index (χ0) is 10.8. The Morgan fingerprint density at radius 2 is 2.13 bits per heavy atom. The minimum atomic E-state index is 0.539. The second-order valence-corrected chi connectivity index (χ2v) is 5.00. The lowest BCUT2D eigenvalue weighted by molar-refractivity contribution is 0.349. The minimum Gasteiger partial charge on any atom is -0.316 e. The molecule has 0 bridgehead atoms. The Morgan fingerprint density at radius 1 is 1.33 bits per heavy atom. The molecule has 3 heteroatoms. The molecule has 2 unspecified atom stereocenters. The fourth-order valence-corrected chi connectivity index (χ4v) is 2.73. The van der Waals surface area contributed by atoms with Gasteiger partial charge in [-0.3, -0.25) is 0 Å². The Bertz CT molecular complexity index is 351. The van der Waals surface area contributed by atoms with Crippen LogP contribution in [0, 0.1) is 5.92 Å². The van der Waals surface area contributed by atoms with Crippen LogP contribution in [0.1, 0.15) is 24.8 Å². The smallest absolute Gasteiger partial charge is 0.0627 e. The van der Waals surface area contributed by atoms with Crippen molar-refractivity contribution in [2.75, 3.05) is 13.1 Å². The molecule has 82 valence electrons. The lowest BCUT2D eigenvalue weighted by Gasteiger charge is -2.30. The van der Waals surface area contributed by atoms with Gasteiger partial charge in [0.1, 0.15) is 0 Å². The van der Waals surface area contributed by atoms with Gasteiger partial charge in [-0.25, -0.2) is 0 Å². The lowest BCUT2D eigenvalue weighted by Crippen LogP contribution is -2.33.